The number of anilines is 1. The third kappa shape index (κ3) is 4.89. The monoisotopic (exact) mass is 289 g/mol. The highest BCUT2D eigenvalue weighted by molar-refractivity contribution is 8.00. The van der Waals surface area contributed by atoms with Crippen molar-refractivity contribution in [3.63, 3.8) is 0 Å². The van der Waals surface area contributed by atoms with Crippen molar-refractivity contribution in [1.82, 2.24) is 9.55 Å². The molecule has 2 atom stereocenters. The van der Waals surface area contributed by atoms with Gasteiger partial charge in [-0.15, -0.1) is 11.8 Å². The van der Waals surface area contributed by atoms with Crippen molar-refractivity contribution >= 4 is 23.5 Å². The number of aliphatic carboxylic acids is 1. The van der Waals surface area contributed by atoms with Crippen LogP contribution in [0.1, 0.15) is 13.2 Å². The van der Waals surface area contributed by atoms with Gasteiger partial charge in [-0.05, 0) is 6.07 Å². The summed E-state index contributed by atoms with van der Waals surface area (Å²) in [4.78, 5) is 24.0. The van der Waals surface area contributed by atoms with Crippen LogP contribution in [0.15, 0.2) is 17.1 Å². The van der Waals surface area contributed by atoms with Crippen LogP contribution >= 0.6 is 11.8 Å². The maximum atomic E-state index is 11.4. The Balaban J connectivity index is 0.000000399. The highest BCUT2D eigenvalue weighted by atomic mass is 32.2. The lowest BCUT2D eigenvalue weighted by Crippen LogP contribution is -2.28. The van der Waals surface area contributed by atoms with Gasteiger partial charge < -0.3 is 20.7 Å². The molecule has 1 aromatic heterocycles. The van der Waals surface area contributed by atoms with Crippen LogP contribution in [0.25, 0.3) is 0 Å². The first-order chi connectivity index (χ1) is 8.93. The Morgan fingerprint density at radius 2 is 2.37 bits per heavy atom. The number of carboxylic acids is 1. The number of aromatic nitrogens is 2. The quantitative estimate of drug-likeness (QED) is 0.664. The van der Waals surface area contributed by atoms with Crippen molar-refractivity contribution in [1.29, 1.82) is 0 Å². The fourth-order valence-corrected chi connectivity index (χ4v) is 2.26. The first kappa shape index (κ1) is 15.5. The summed E-state index contributed by atoms with van der Waals surface area (Å²) < 4.78 is 6.79. The summed E-state index contributed by atoms with van der Waals surface area (Å²) in [5.41, 5.74) is 4.67. The zero-order valence-corrected chi connectivity index (χ0v) is 11.0. The number of rotatable bonds is 2. The number of ether oxygens (including phenoxy) is 1. The van der Waals surface area contributed by atoms with Gasteiger partial charge in [-0.1, -0.05) is 0 Å². The van der Waals surface area contributed by atoms with E-state index in [0.717, 1.165) is 6.92 Å². The molecule has 0 radical (unpaired) electrons. The highest BCUT2D eigenvalue weighted by Gasteiger charge is 2.27. The smallest absolute Gasteiger partial charge is 0.351 e. The van der Waals surface area contributed by atoms with Crippen molar-refractivity contribution in [3.8, 4) is 0 Å². The number of nitrogen functional groups attached to an aromatic ring is 1. The molecule has 0 bridgehead atoms. The second-order valence-corrected chi connectivity index (χ2v) is 4.79. The normalized spacial score (nSPS) is 21.6. The van der Waals surface area contributed by atoms with Crippen molar-refractivity contribution in [2.45, 2.75) is 18.6 Å². The highest BCUT2D eigenvalue weighted by Crippen LogP contribution is 2.30. The molecule has 2 rings (SSSR count). The molecule has 0 spiro atoms. The van der Waals surface area contributed by atoms with E-state index in [2.05, 4.69) is 4.98 Å². The summed E-state index contributed by atoms with van der Waals surface area (Å²) in [7, 11) is 0. The zero-order valence-electron chi connectivity index (χ0n) is 10.2. The standard InChI is InChI=1S/C8H11N3O3S.C2H4O2/c9-5-1-2-11(8(13)10-5)6-4-15-7(3-12)14-6;1-2(3)4/h1-2,6-7,12H,3-4H2,(H2,9,10,13);1H3,(H,3,4)/t6-,7+;/m0./s1. The molecule has 0 saturated carbocycles. The van der Waals surface area contributed by atoms with E-state index in [-0.39, 0.29) is 24.1 Å². The number of hydrogen-bond donors (Lipinski definition) is 3. The molecule has 8 nitrogen and oxygen atoms in total. The minimum absolute atomic E-state index is 0.0572. The molecule has 9 heteroatoms. The zero-order chi connectivity index (χ0) is 14.4. The van der Waals surface area contributed by atoms with Gasteiger partial charge in [0.25, 0.3) is 5.97 Å². The molecule has 1 aliphatic rings. The Kier molecular flexibility index (Phi) is 5.80. The van der Waals surface area contributed by atoms with Crippen LogP contribution in [0.4, 0.5) is 5.82 Å². The molecule has 4 N–H and O–H groups in total. The average molecular weight is 289 g/mol. The molecule has 106 valence electrons. The third-order valence-corrected chi connectivity index (χ3v) is 3.15. The van der Waals surface area contributed by atoms with Gasteiger partial charge in [0.2, 0.25) is 0 Å². The molecule has 19 heavy (non-hydrogen) atoms. The van der Waals surface area contributed by atoms with Crippen molar-refractivity contribution < 1.29 is 19.7 Å². The van der Waals surface area contributed by atoms with Crippen LogP contribution in [-0.2, 0) is 9.53 Å². The lowest BCUT2D eigenvalue weighted by atomic mass is 10.5. The van der Waals surface area contributed by atoms with E-state index in [1.54, 1.807) is 12.3 Å². The molecule has 2 heterocycles. The summed E-state index contributed by atoms with van der Waals surface area (Å²) in [5.74, 6) is -0.0166. The minimum Gasteiger partial charge on any atom is -0.481 e. The van der Waals surface area contributed by atoms with Crippen LogP contribution in [0.5, 0.6) is 0 Å². The second-order valence-electron chi connectivity index (χ2n) is 3.60. The van der Waals surface area contributed by atoms with Gasteiger partial charge in [0.1, 0.15) is 17.5 Å². The summed E-state index contributed by atoms with van der Waals surface area (Å²) in [6.45, 7) is 1.03. The number of carboxylic acid groups (broad SMARTS) is 1. The van der Waals surface area contributed by atoms with E-state index < -0.39 is 11.7 Å². The molecule has 0 amide bonds. The number of aliphatic hydroxyl groups excluding tert-OH is 1. The van der Waals surface area contributed by atoms with E-state index in [0.29, 0.717) is 5.75 Å². The average Bonchev–Trinajstić information content (AvgIpc) is 2.76. The number of aliphatic hydroxyl groups is 1. The van der Waals surface area contributed by atoms with Crippen LogP contribution in [0.3, 0.4) is 0 Å². The Bertz CT molecular complexity index is 488. The molecule has 1 aliphatic heterocycles. The largest absolute Gasteiger partial charge is 0.481 e. The van der Waals surface area contributed by atoms with E-state index in [9.17, 15) is 4.79 Å². The third-order valence-electron chi connectivity index (χ3n) is 2.04. The van der Waals surface area contributed by atoms with Gasteiger partial charge in [-0.3, -0.25) is 9.36 Å². The van der Waals surface area contributed by atoms with Gasteiger partial charge in [0, 0.05) is 18.9 Å². The molecule has 0 aliphatic carbocycles. The Morgan fingerprint density at radius 1 is 1.74 bits per heavy atom. The molecular weight excluding hydrogens is 274 g/mol. The fourth-order valence-electron chi connectivity index (χ4n) is 1.33. The first-order valence-corrected chi connectivity index (χ1v) is 6.41. The van der Waals surface area contributed by atoms with Crippen molar-refractivity contribution in [2.75, 3.05) is 18.1 Å². The number of nitrogens with two attached hydrogens (primary N) is 1. The Morgan fingerprint density at radius 3 is 2.84 bits per heavy atom. The van der Waals surface area contributed by atoms with Gasteiger partial charge in [-0.25, -0.2) is 4.79 Å². The summed E-state index contributed by atoms with van der Waals surface area (Å²) in [6, 6.07) is 1.54. The number of carbonyl (C=O) groups is 1. The molecule has 1 saturated heterocycles. The molecule has 1 aromatic rings. The molecular formula is C10H15N3O5S. The van der Waals surface area contributed by atoms with E-state index in [1.165, 1.54) is 16.3 Å². The lowest BCUT2D eigenvalue weighted by Gasteiger charge is -2.13. The maximum Gasteiger partial charge on any atom is 0.351 e. The minimum atomic E-state index is -0.833. The summed E-state index contributed by atoms with van der Waals surface area (Å²) in [5, 5.41) is 16.3. The SMILES string of the molecule is CC(=O)O.Nc1ccn([C@@H]2CS[C@H](CO)O2)c(=O)n1. The maximum absolute atomic E-state index is 11.4. The predicted molar refractivity (Wildman–Crippen MR) is 69.7 cm³/mol. The van der Waals surface area contributed by atoms with Gasteiger partial charge >= 0.3 is 5.69 Å². The van der Waals surface area contributed by atoms with E-state index in [4.69, 9.17) is 25.5 Å². The van der Waals surface area contributed by atoms with Gasteiger partial charge in [0.15, 0.2) is 0 Å². The summed E-state index contributed by atoms with van der Waals surface area (Å²) in [6.07, 6.45) is 1.18. The van der Waals surface area contributed by atoms with Crippen LogP contribution in [0, 0.1) is 0 Å². The Labute approximate surface area is 113 Å². The molecule has 0 unspecified atom stereocenters. The van der Waals surface area contributed by atoms with E-state index >= 15 is 0 Å². The number of thioether (sulfide) groups is 1. The number of nitrogens with zero attached hydrogens (tertiary/aromatic N) is 2. The summed E-state index contributed by atoms with van der Waals surface area (Å²) >= 11 is 1.47. The lowest BCUT2D eigenvalue weighted by molar-refractivity contribution is -0.134. The van der Waals surface area contributed by atoms with Crippen LogP contribution in [0.2, 0.25) is 0 Å². The molecule has 1 fully saturated rings. The Hall–Kier alpha value is -1.58. The number of hydrogen-bond acceptors (Lipinski definition) is 7. The first-order valence-electron chi connectivity index (χ1n) is 5.36. The van der Waals surface area contributed by atoms with E-state index in [1.807, 2.05) is 0 Å². The van der Waals surface area contributed by atoms with Crippen molar-refractivity contribution in [2.24, 2.45) is 0 Å². The van der Waals surface area contributed by atoms with Gasteiger partial charge in [0.05, 0.1) is 6.61 Å². The van der Waals surface area contributed by atoms with Crippen molar-refractivity contribution in [3.05, 3.63) is 22.7 Å². The fraction of sp³-hybridized carbons (Fsp3) is 0.500. The predicted octanol–water partition coefficient (Wildman–Crippen LogP) is -0.503. The van der Waals surface area contributed by atoms with Gasteiger partial charge in [-0.2, -0.15) is 4.98 Å². The second kappa shape index (κ2) is 7.12. The van der Waals surface area contributed by atoms with Crippen LogP contribution < -0.4 is 11.4 Å². The topological polar surface area (TPSA) is 128 Å². The molecule has 0 aromatic carbocycles. The van der Waals surface area contributed by atoms with Crippen LogP contribution in [-0.4, -0.2) is 43.5 Å².